The number of amides is 1. The molecule has 0 atom stereocenters. The summed E-state index contributed by atoms with van der Waals surface area (Å²) < 4.78 is 5.67. The topological polar surface area (TPSA) is 75.6 Å². The third-order valence-electron chi connectivity index (χ3n) is 10.1. The number of rotatable bonds is 5. The van der Waals surface area contributed by atoms with Gasteiger partial charge in [0.05, 0.1) is 5.41 Å². The van der Waals surface area contributed by atoms with E-state index in [1.54, 1.807) is 0 Å². The van der Waals surface area contributed by atoms with Crippen LogP contribution in [-0.2, 0) is 9.53 Å². The van der Waals surface area contributed by atoms with Gasteiger partial charge in [-0.15, -0.1) is 0 Å². The lowest BCUT2D eigenvalue weighted by molar-refractivity contribution is -0.641. The second kappa shape index (κ2) is 4.58. The molecular formula is C25H21NO4. The van der Waals surface area contributed by atoms with Crippen molar-refractivity contribution in [3.8, 4) is 11.1 Å². The molecule has 30 heavy (non-hydrogen) atoms. The maximum absolute atomic E-state index is 12.5. The minimum atomic E-state index is -0.566. The largest absolute Gasteiger partial charge is 0.481 e. The first-order valence-electron chi connectivity index (χ1n) is 11.0. The molecule has 0 spiro atoms. The van der Waals surface area contributed by atoms with Crippen LogP contribution < -0.4 is 5.32 Å². The number of ether oxygens (including phenoxy) is 1. The van der Waals surface area contributed by atoms with Crippen LogP contribution in [0.15, 0.2) is 48.5 Å². The first kappa shape index (κ1) is 15.9. The van der Waals surface area contributed by atoms with Crippen molar-refractivity contribution in [1.29, 1.82) is 0 Å². The zero-order valence-corrected chi connectivity index (χ0v) is 16.2. The number of fused-ring (bicyclic) bond motifs is 3. The molecule has 0 aliphatic heterocycles. The number of carbonyl (C=O) groups excluding carboxylic acids is 1. The van der Waals surface area contributed by atoms with Crippen molar-refractivity contribution in [3.63, 3.8) is 0 Å². The van der Waals surface area contributed by atoms with Gasteiger partial charge in [0.25, 0.3) is 0 Å². The monoisotopic (exact) mass is 399 g/mol. The predicted molar refractivity (Wildman–Crippen MR) is 107 cm³/mol. The highest BCUT2D eigenvalue weighted by Crippen LogP contribution is 3.10. The fourth-order valence-electron chi connectivity index (χ4n) is 9.41. The highest BCUT2D eigenvalue weighted by molar-refractivity contribution is 5.87. The molecule has 0 heterocycles. The summed E-state index contributed by atoms with van der Waals surface area (Å²) in [7, 11) is 0. The molecular weight excluding hydrogens is 378 g/mol. The SMILES string of the molecule is O=C(NCC12C3C4C1C1C2C3C41C(=O)O)OCC1c2ccccc2-c2ccccc21. The molecule has 2 aromatic carbocycles. The summed E-state index contributed by atoms with van der Waals surface area (Å²) in [5, 5.41) is 12.6. The lowest BCUT2D eigenvalue weighted by Gasteiger charge is -3.10. The molecule has 1 amide bonds. The molecule has 5 nitrogen and oxygen atoms in total. The standard InChI is InChI=1S/C25H21NO4/c27-22(28)25-19-16-20(25)18-21(25)17(19)24(16,18)10-26-23(29)30-9-15-13-7-3-1-5-11(13)12-6-2-4-8-14(12)15/h1-8,15-21H,9-10H2,(H,26,29)(H,27,28). The fraction of sp³-hybridized carbons (Fsp3) is 0.440. The van der Waals surface area contributed by atoms with Crippen LogP contribution in [0.3, 0.4) is 0 Å². The first-order valence-corrected chi connectivity index (χ1v) is 11.0. The van der Waals surface area contributed by atoms with E-state index in [-0.39, 0.29) is 22.8 Å². The number of hydrogen-bond donors (Lipinski definition) is 2. The second-order valence-corrected chi connectivity index (χ2v) is 10.2. The molecule has 2 N–H and O–H groups in total. The van der Waals surface area contributed by atoms with Crippen LogP contribution in [0.4, 0.5) is 4.79 Å². The van der Waals surface area contributed by atoms with Gasteiger partial charge in [-0.3, -0.25) is 4.79 Å². The molecule has 150 valence electrons. The lowest BCUT2D eigenvalue weighted by Crippen LogP contribution is -3.11. The molecule has 6 fully saturated rings. The Bertz CT molecular complexity index is 1090. The highest BCUT2D eigenvalue weighted by atomic mass is 16.5. The van der Waals surface area contributed by atoms with E-state index >= 15 is 0 Å². The van der Waals surface area contributed by atoms with Crippen LogP contribution in [0.25, 0.3) is 11.1 Å². The van der Waals surface area contributed by atoms with Gasteiger partial charge in [-0.2, -0.15) is 0 Å². The molecule has 0 aromatic heterocycles. The smallest absolute Gasteiger partial charge is 0.407 e. The number of nitrogens with one attached hydrogen (secondary N) is 1. The van der Waals surface area contributed by atoms with Gasteiger partial charge in [-0.05, 0) is 63.2 Å². The summed E-state index contributed by atoms with van der Waals surface area (Å²) >= 11 is 0. The number of aliphatic carboxylic acids is 1. The minimum absolute atomic E-state index is 0.0713. The predicted octanol–water partition coefficient (Wildman–Crippen LogP) is 3.35. The van der Waals surface area contributed by atoms with E-state index in [9.17, 15) is 14.7 Å². The number of carboxylic acid groups (broad SMARTS) is 1. The van der Waals surface area contributed by atoms with Crippen LogP contribution in [0.1, 0.15) is 17.0 Å². The maximum atomic E-state index is 12.5. The van der Waals surface area contributed by atoms with E-state index in [0.29, 0.717) is 48.7 Å². The molecule has 5 heteroatoms. The average Bonchev–Trinajstić information content (AvgIpc) is 3.10. The average molecular weight is 399 g/mol. The maximum Gasteiger partial charge on any atom is 0.407 e. The molecule has 0 saturated heterocycles. The number of benzene rings is 2. The Balaban J connectivity index is 0.941. The zero-order valence-electron chi connectivity index (χ0n) is 16.2. The fourth-order valence-corrected chi connectivity index (χ4v) is 9.41. The van der Waals surface area contributed by atoms with E-state index in [2.05, 4.69) is 29.6 Å². The van der Waals surface area contributed by atoms with Crippen LogP contribution >= 0.6 is 0 Å². The van der Waals surface area contributed by atoms with E-state index < -0.39 is 5.97 Å². The van der Waals surface area contributed by atoms with Gasteiger partial charge < -0.3 is 15.2 Å². The Hall–Kier alpha value is -2.82. The van der Waals surface area contributed by atoms with Gasteiger partial charge >= 0.3 is 12.1 Å². The summed E-state index contributed by atoms with van der Waals surface area (Å²) in [4.78, 5) is 24.2. The molecule has 6 saturated carbocycles. The van der Waals surface area contributed by atoms with E-state index in [0.717, 1.165) is 0 Å². The van der Waals surface area contributed by atoms with Crippen molar-refractivity contribution in [2.45, 2.75) is 5.92 Å². The summed E-state index contributed by atoms with van der Waals surface area (Å²) in [6.45, 7) is 0.988. The number of carboxylic acids is 1. The van der Waals surface area contributed by atoms with Crippen LogP contribution in [0.5, 0.6) is 0 Å². The first-order chi connectivity index (χ1) is 14.6. The van der Waals surface area contributed by atoms with E-state index in [4.69, 9.17) is 4.74 Å². The Morgan fingerprint density at radius 1 is 0.867 bits per heavy atom. The van der Waals surface area contributed by atoms with Crippen molar-refractivity contribution >= 4 is 12.1 Å². The van der Waals surface area contributed by atoms with Gasteiger partial charge in [-0.1, -0.05) is 48.5 Å². The van der Waals surface area contributed by atoms with Crippen molar-refractivity contribution in [3.05, 3.63) is 59.7 Å². The van der Waals surface area contributed by atoms with Gasteiger partial charge in [0.2, 0.25) is 0 Å². The Morgan fingerprint density at radius 2 is 1.40 bits per heavy atom. The summed E-state index contributed by atoms with van der Waals surface area (Å²) in [5.41, 5.74) is 4.75. The molecule has 0 bridgehead atoms. The quantitative estimate of drug-likeness (QED) is 0.809. The van der Waals surface area contributed by atoms with Crippen molar-refractivity contribution in [2.75, 3.05) is 13.2 Å². The minimum Gasteiger partial charge on any atom is -0.481 e. The van der Waals surface area contributed by atoms with E-state index in [1.807, 2.05) is 24.3 Å². The van der Waals surface area contributed by atoms with E-state index in [1.165, 1.54) is 22.3 Å². The van der Waals surface area contributed by atoms with Gasteiger partial charge in [0.1, 0.15) is 6.61 Å². The summed E-state index contributed by atoms with van der Waals surface area (Å²) in [6, 6.07) is 16.7. The van der Waals surface area contributed by atoms with Gasteiger partial charge in [0.15, 0.2) is 0 Å². The Labute approximate surface area is 173 Å². The third kappa shape index (κ3) is 1.26. The van der Waals surface area contributed by atoms with Crippen LogP contribution in [0, 0.1) is 46.3 Å². The zero-order chi connectivity index (χ0) is 20.0. The number of carbonyl (C=O) groups is 2. The molecule has 0 unspecified atom stereocenters. The summed E-state index contributed by atoms with van der Waals surface area (Å²) in [5.74, 6) is 2.34. The highest BCUT2D eigenvalue weighted by Gasteiger charge is 3.11. The van der Waals surface area contributed by atoms with Gasteiger partial charge in [-0.25, -0.2) is 4.79 Å². The van der Waals surface area contributed by atoms with Crippen molar-refractivity contribution < 1.29 is 19.4 Å². The number of alkyl carbamates (subject to hydrolysis) is 1. The molecule has 0 radical (unpaired) electrons. The molecule has 7 aliphatic rings. The normalized spacial score (nSPS) is 43.5. The molecule has 2 aromatic rings. The lowest BCUT2D eigenvalue weighted by atomic mass is 8.92. The van der Waals surface area contributed by atoms with Crippen molar-refractivity contribution in [1.82, 2.24) is 5.32 Å². The second-order valence-electron chi connectivity index (χ2n) is 10.2. The van der Waals surface area contributed by atoms with Crippen LogP contribution in [0.2, 0.25) is 0 Å². The molecule has 7 aliphatic carbocycles. The summed E-state index contributed by atoms with van der Waals surface area (Å²) in [6.07, 6.45) is -0.349. The molecule has 9 rings (SSSR count). The van der Waals surface area contributed by atoms with Crippen molar-refractivity contribution in [2.24, 2.45) is 46.3 Å². The Kier molecular flexibility index (Phi) is 2.44. The Morgan fingerprint density at radius 3 is 1.93 bits per heavy atom. The van der Waals surface area contributed by atoms with Gasteiger partial charge in [0, 0.05) is 12.5 Å². The third-order valence-corrected chi connectivity index (χ3v) is 10.1. The number of hydrogen-bond acceptors (Lipinski definition) is 3. The van der Waals surface area contributed by atoms with Crippen LogP contribution in [-0.4, -0.2) is 30.3 Å².